The first-order chi connectivity index (χ1) is 9.99. The predicted molar refractivity (Wildman–Crippen MR) is 78.0 cm³/mol. The van der Waals surface area contributed by atoms with Crippen LogP contribution in [0.25, 0.3) is 0 Å². The fraction of sp³-hybridized carbons (Fsp3) is 0.625. The zero-order chi connectivity index (χ0) is 15.3. The van der Waals surface area contributed by atoms with E-state index < -0.39 is 11.7 Å². The van der Waals surface area contributed by atoms with E-state index >= 15 is 0 Å². The van der Waals surface area contributed by atoms with E-state index in [0.717, 1.165) is 32.2 Å². The average Bonchev–Trinajstić information content (AvgIpc) is 2.47. The van der Waals surface area contributed by atoms with Crippen LogP contribution in [0.3, 0.4) is 0 Å². The van der Waals surface area contributed by atoms with Gasteiger partial charge < -0.3 is 10.2 Å². The van der Waals surface area contributed by atoms with Gasteiger partial charge in [0.15, 0.2) is 0 Å². The lowest BCUT2D eigenvalue weighted by atomic mass is 9.97. The molecule has 1 N–H and O–H groups in total. The molecule has 1 fully saturated rings. The van der Waals surface area contributed by atoms with Crippen LogP contribution in [0.1, 0.15) is 30.9 Å². The molecule has 0 saturated carbocycles. The molecule has 0 radical (unpaired) electrons. The lowest BCUT2D eigenvalue weighted by molar-refractivity contribution is -0.137. The first-order valence-corrected chi connectivity index (χ1v) is 7.58. The molecule has 1 aliphatic rings. The molecule has 118 valence electrons. The van der Waals surface area contributed by atoms with Crippen molar-refractivity contribution in [3.8, 4) is 0 Å². The molecule has 0 bridgehead atoms. The summed E-state index contributed by atoms with van der Waals surface area (Å²) in [4.78, 5) is 2.43. The van der Waals surface area contributed by atoms with Crippen molar-refractivity contribution in [2.45, 2.75) is 32.5 Å². The van der Waals surface area contributed by atoms with Gasteiger partial charge in [0.2, 0.25) is 0 Å². The minimum Gasteiger partial charge on any atom is -0.312 e. The van der Waals surface area contributed by atoms with Crippen molar-refractivity contribution in [3.05, 3.63) is 35.4 Å². The lowest BCUT2D eigenvalue weighted by Crippen LogP contribution is -2.36. The van der Waals surface area contributed by atoms with Crippen LogP contribution in [0, 0.1) is 5.92 Å². The summed E-state index contributed by atoms with van der Waals surface area (Å²) in [5.41, 5.74) is 0.119. The first-order valence-electron chi connectivity index (χ1n) is 7.58. The molecule has 2 rings (SSSR count). The van der Waals surface area contributed by atoms with Crippen LogP contribution in [0.4, 0.5) is 13.2 Å². The second-order valence-electron chi connectivity index (χ2n) is 5.71. The van der Waals surface area contributed by atoms with Crippen molar-refractivity contribution in [3.63, 3.8) is 0 Å². The number of alkyl halides is 3. The van der Waals surface area contributed by atoms with Crippen LogP contribution in [0.2, 0.25) is 0 Å². The topological polar surface area (TPSA) is 15.3 Å². The molecule has 1 aliphatic heterocycles. The Hall–Kier alpha value is -1.07. The van der Waals surface area contributed by atoms with Gasteiger partial charge in [-0.1, -0.05) is 25.1 Å². The van der Waals surface area contributed by atoms with Gasteiger partial charge in [0, 0.05) is 6.54 Å². The van der Waals surface area contributed by atoms with E-state index in [1.807, 2.05) is 0 Å². The number of halogens is 3. The van der Waals surface area contributed by atoms with Gasteiger partial charge in [-0.3, -0.25) is 0 Å². The summed E-state index contributed by atoms with van der Waals surface area (Å²) in [6, 6.07) is 5.55. The second-order valence-corrected chi connectivity index (χ2v) is 5.71. The van der Waals surface area contributed by atoms with Crippen LogP contribution < -0.4 is 5.32 Å². The van der Waals surface area contributed by atoms with Crippen LogP contribution in [0.15, 0.2) is 24.3 Å². The Morgan fingerprint density at radius 2 is 1.95 bits per heavy atom. The van der Waals surface area contributed by atoms with Gasteiger partial charge in [-0.05, 0) is 56.6 Å². The van der Waals surface area contributed by atoms with Crippen LogP contribution in [-0.4, -0.2) is 31.1 Å². The molecule has 1 heterocycles. The summed E-state index contributed by atoms with van der Waals surface area (Å²) in [5, 5.41) is 3.30. The van der Waals surface area contributed by atoms with E-state index in [-0.39, 0.29) is 0 Å². The maximum Gasteiger partial charge on any atom is 0.416 e. The quantitative estimate of drug-likeness (QED) is 0.895. The summed E-state index contributed by atoms with van der Waals surface area (Å²) in [6.07, 6.45) is -1.92. The number of rotatable bonds is 5. The second kappa shape index (κ2) is 7.27. The minimum absolute atomic E-state index is 0.498. The number of nitrogens with one attached hydrogen (secondary N) is 1. The molecule has 21 heavy (non-hydrogen) atoms. The monoisotopic (exact) mass is 300 g/mol. The molecule has 1 aromatic rings. The Kier molecular flexibility index (Phi) is 5.65. The predicted octanol–water partition coefficient (Wildman–Crippen LogP) is 3.53. The normalized spacial score (nSPS) is 18.1. The Labute approximate surface area is 124 Å². The van der Waals surface area contributed by atoms with Gasteiger partial charge in [-0.25, -0.2) is 0 Å². The number of likely N-dealkylation sites (tertiary alicyclic amines) is 1. The molecule has 1 saturated heterocycles. The van der Waals surface area contributed by atoms with E-state index in [0.29, 0.717) is 18.0 Å². The van der Waals surface area contributed by atoms with Crippen LogP contribution >= 0.6 is 0 Å². The van der Waals surface area contributed by atoms with Crippen molar-refractivity contribution < 1.29 is 13.2 Å². The highest BCUT2D eigenvalue weighted by Crippen LogP contribution is 2.29. The van der Waals surface area contributed by atoms with Crippen molar-refractivity contribution in [1.82, 2.24) is 10.2 Å². The molecule has 0 spiro atoms. The number of benzene rings is 1. The molecular weight excluding hydrogens is 277 g/mol. The zero-order valence-corrected chi connectivity index (χ0v) is 12.4. The molecule has 5 heteroatoms. The highest BCUT2D eigenvalue weighted by molar-refractivity contribution is 5.25. The average molecular weight is 300 g/mol. The lowest BCUT2D eigenvalue weighted by Gasteiger charge is -2.31. The van der Waals surface area contributed by atoms with Gasteiger partial charge in [-0.15, -0.1) is 0 Å². The maximum absolute atomic E-state index is 12.6. The van der Waals surface area contributed by atoms with Gasteiger partial charge in [0.1, 0.15) is 0 Å². The standard InChI is InChI=1S/C16H23F3N2/c1-2-21-8-6-13(7-9-21)11-20-12-14-4-3-5-15(10-14)16(17,18)19/h3-5,10,13,20H,2,6-9,11-12H2,1H3. The van der Waals surface area contributed by atoms with E-state index in [1.165, 1.54) is 25.0 Å². The smallest absolute Gasteiger partial charge is 0.312 e. The SMILES string of the molecule is CCN1CCC(CNCc2cccc(C(F)(F)F)c2)CC1. The zero-order valence-electron chi connectivity index (χ0n) is 12.4. The molecule has 2 nitrogen and oxygen atoms in total. The molecular formula is C16H23F3N2. The van der Waals surface area contributed by atoms with Gasteiger partial charge in [0.05, 0.1) is 5.56 Å². The maximum atomic E-state index is 12.6. The van der Waals surface area contributed by atoms with Crippen molar-refractivity contribution in [1.29, 1.82) is 0 Å². The molecule has 0 atom stereocenters. The van der Waals surface area contributed by atoms with Crippen LogP contribution in [0.5, 0.6) is 0 Å². The first kappa shape index (κ1) is 16.3. The molecule has 1 aromatic carbocycles. The largest absolute Gasteiger partial charge is 0.416 e. The highest BCUT2D eigenvalue weighted by Gasteiger charge is 2.30. The van der Waals surface area contributed by atoms with Crippen LogP contribution in [-0.2, 0) is 12.7 Å². The summed E-state index contributed by atoms with van der Waals surface area (Å²) < 4.78 is 37.9. The molecule has 0 amide bonds. The number of piperidine rings is 1. The van der Waals surface area contributed by atoms with Crippen molar-refractivity contribution >= 4 is 0 Å². The third-order valence-electron chi connectivity index (χ3n) is 4.17. The van der Waals surface area contributed by atoms with E-state index in [4.69, 9.17) is 0 Å². The van der Waals surface area contributed by atoms with Crippen molar-refractivity contribution in [2.75, 3.05) is 26.2 Å². The fourth-order valence-electron chi connectivity index (χ4n) is 2.79. The van der Waals surface area contributed by atoms with E-state index in [2.05, 4.69) is 17.1 Å². The Morgan fingerprint density at radius 1 is 1.24 bits per heavy atom. The van der Waals surface area contributed by atoms with Gasteiger partial charge in [0.25, 0.3) is 0 Å². The third kappa shape index (κ3) is 5.00. The fourth-order valence-corrected chi connectivity index (χ4v) is 2.79. The van der Waals surface area contributed by atoms with Crippen molar-refractivity contribution in [2.24, 2.45) is 5.92 Å². The summed E-state index contributed by atoms with van der Waals surface area (Å²) in [5.74, 6) is 0.638. The minimum atomic E-state index is -4.26. The Balaban J connectivity index is 1.76. The number of hydrogen-bond donors (Lipinski definition) is 1. The number of hydrogen-bond acceptors (Lipinski definition) is 2. The van der Waals surface area contributed by atoms with E-state index in [1.54, 1.807) is 6.07 Å². The van der Waals surface area contributed by atoms with E-state index in [9.17, 15) is 13.2 Å². The summed E-state index contributed by atoms with van der Waals surface area (Å²) in [7, 11) is 0. The van der Waals surface area contributed by atoms with Gasteiger partial charge >= 0.3 is 6.18 Å². The summed E-state index contributed by atoms with van der Waals surface area (Å²) >= 11 is 0. The van der Waals surface area contributed by atoms with Gasteiger partial charge in [-0.2, -0.15) is 13.2 Å². The summed E-state index contributed by atoms with van der Waals surface area (Å²) in [6.45, 7) is 6.92. The Bertz CT molecular complexity index is 437. The molecule has 0 aromatic heterocycles. The molecule has 0 aliphatic carbocycles. The highest BCUT2D eigenvalue weighted by atomic mass is 19.4. The Morgan fingerprint density at radius 3 is 2.57 bits per heavy atom. The third-order valence-corrected chi connectivity index (χ3v) is 4.17. The number of nitrogens with zero attached hydrogens (tertiary/aromatic N) is 1. The molecule has 0 unspecified atom stereocenters.